The molecule has 0 saturated carbocycles. The maximum atomic E-state index is 6.45. The van der Waals surface area contributed by atoms with Crippen molar-refractivity contribution in [2.24, 2.45) is 0 Å². The minimum atomic E-state index is 0.153. The lowest BCUT2D eigenvalue weighted by Crippen LogP contribution is -2.27. The Morgan fingerprint density at radius 2 is 1.04 bits per heavy atom. The highest BCUT2D eigenvalue weighted by Gasteiger charge is 2.20. The van der Waals surface area contributed by atoms with Gasteiger partial charge in [0.1, 0.15) is 19.5 Å². The van der Waals surface area contributed by atoms with Crippen LogP contribution in [0.2, 0.25) is 0 Å². The second kappa shape index (κ2) is 18.0. The first-order valence-corrected chi connectivity index (χ1v) is 15.1. The molecule has 0 bridgehead atoms. The minimum Gasteiger partial charge on any atom is -0.357 e. The summed E-state index contributed by atoms with van der Waals surface area (Å²) in [5.41, 5.74) is 0.306. The summed E-state index contributed by atoms with van der Waals surface area (Å²) in [5, 5.41) is 0. The monoisotopic (exact) mass is 488 g/mol. The number of hydrogen-bond acceptors (Lipinski definition) is 7. The van der Waals surface area contributed by atoms with Crippen LogP contribution in [0.15, 0.2) is 0 Å². The van der Waals surface area contributed by atoms with Crippen molar-refractivity contribution in [2.45, 2.75) is 78.1 Å². The van der Waals surface area contributed by atoms with Gasteiger partial charge in [-0.3, -0.25) is 0 Å². The zero-order valence-corrected chi connectivity index (χ0v) is 22.5. The molecule has 0 aromatic carbocycles. The van der Waals surface area contributed by atoms with Crippen molar-refractivity contribution >= 4 is 76.3 Å². The van der Waals surface area contributed by atoms with Crippen LogP contribution in [0, 0.1) is 0 Å². The van der Waals surface area contributed by atoms with Crippen molar-refractivity contribution in [3.05, 3.63) is 0 Å². The Kier molecular flexibility index (Phi) is 18.7. The number of nitrogens with zero attached hydrogens (tertiary/aromatic N) is 2. The predicted molar refractivity (Wildman–Crippen MR) is 140 cm³/mol. The van der Waals surface area contributed by atoms with E-state index in [4.69, 9.17) is 29.2 Å². The SMILES string of the molecule is CCCC(OC(CCC)SSC(=S)N(CC)CC)SSC(=S)N(CC)CC. The zero-order chi connectivity index (χ0) is 20.7. The second-order valence-corrected chi connectivity index (χ2v) is 11.8. The molecule has 0 aromatic rings. The first-order valence-electron chi connectivity index (χ1n) is 9.86. The molecule has 2 atom stereocenters. The Labute approximate surface area is 194 Å². The molecular weight excluding hydrogens is 453 g/mol. The van der Waals surface area contributed by atoms with E-state index < -0.39 is 0 Å². The molecule has 0 aliphatic heterocycles. The van der Waals surface area contributed by atoms with E-state index in [-0.39, 0.29) is 10.9 Å². The van der Waals surface area contributed by atoms with E-state index in [9.17, 15) is 0 Å². The summed E-state index contributed by atoms with van der Waals surface area (Å²) in [7, 11) is 6.88. The molecular formula is C18H36N2OS6. The van der Waals surface area contributed by atoms with Gasteiger partial charge in [0.2, 0.25) is 0 Å². The standard InChI is InChI=1S/C18H36N2OS6/c1-7-13-15(24-26-17(22)19(9-3)10-4)21-16(14-8-2)25-27-18(23)20(11-5)12-6/h15-16H,7-14H2,1-6H3. The van der Waals surface area contributed by atoms with E-state index in [0.29, 0.717) is 0 Å². The molecule has 0 heterocycles. The lowest BCUT2D eigenvalue weighted by molar-refractivity contribution is 0.0826. The summed E-state index contributed by atoms with van der Waals surface area (Å²) in [5.74, 6) is 0. The first-order chi connectivity index (χ1) is 13.0. The quantitative estimate of drug-likeness (QED) is 0.141. The summed E-state index contributed by atoms with van der Waals surface area (Å²) in [4.78, 5) is 4.43. The van der Waals surface area contributed by atoms with Gasteiger partial charge < -0.3 is 14.5 Å². The summed E-state index contributed by atoms with van der Waals surface area (Å²) >= 11 is 11.1. The van der Waals surface area contributed by atoms with Crippen molar-refractivity contribution in [1.29, 1.82) is 0 Å². The highest BCUT2D eigenvalue weighted by Crippen LogP contribution is 2.39. The van der Waals surface area contributed by atoms with Crippen LogP contribution < -0.4 is 0 Å². The molecule has 0 aromatic heterocycles. The van der Waals surface area contributed by atoms with Gasteiger partial charge in [0.15, 0.2) is 0 Å². The largest absolute Gasteiger partial charge is 0.357 e. The Bertz CT molecular complexity index is 369. The van der Waals surface area contributed by atoms with E-state index in [0.717, 1.165) is 60.5 Å². The fraction of sp³-hybridized carbons (Fsp3) is 0.889. The molecule has 3 nitrogen and oxygen atoms in total. The van der Waals surface area contributed by atoms with Crippen LogP contribution in [-0.4, -0.2) is 55.5 Å². The van der Waals surface area contributed by atoms with Gasteiger partial charge >= 0.3 is 0 Å². The zero-order valence-electron chi connectivity index (χ0n) is 17.6. The Morgan fingerprint density at radius 1 is 0.704 bits per heavy atom. The topological polar surface area (TPSA) is 15.7 Å². The van der Waals surface area contributed by atoms with E-state index >= 15 is 0 Å². The Morgan fingerprint density at radius 3 is 1.30 bits per heavy atom. The third kappa shape index (κ3) is 12.4. The molecule has 2 unspecified atom stereocenters. The average molecular weight is 489 g/mol. The number of thiocarbonyl (C=S) groups is 2. The highest BCUT2D eigenvalue weighted by atomic mass is 33.1. The van der Waals surface area contributed by atoms with Gasteiger partial charge in [-0.1, -0.05) is 72.7 Å². The molecule has 0 amide bonds. The van der Waals surface area contributed by atoms with E-state index in [1.807, 2.05) is 0 Å². The smallest absolute Gasteiger partial charge is 0.147 e. The summed E-state index contributed by atoms with van der Waals surface area (Å²) in [6.45, 7) is 16.8. The molecule has 9 heteroatoms. The third-order valence-electron chi connectivity index (χ3n) is 3.85. The van der Waals surface area contributed by atoms with Gasteiger partial charge in [0.25, 0.3) is 0 Å². The van der Waals surface area contributed by atoms with Crippen LogP contribution in [0.5, 0.6) is 0 Å². The molecule has 0 aliphatic carbocycles. The molecule has 0 aliphatic rings. The Balaban J connectivity index is 4.67. The Hall–Kier alpha value is 1.14. The number of ether oxygens (including phenoxy) is 1. The van der Waals surface area contributed by atoms with Crippen LogP contribution in [0.25, 0.3) is 0 Å². The fourth-order valence-electron chi connectivity index (χ4n) is 2.18. The molecule has 160 valence electrons. The van der Waals surface area contributed by atoms with Crippen LogP contribution in [0.4, 0.5) is 0 Å². The number of rotatable bonds is 14. The molecule has 27 heavy (non-hydrogen) atoms. The van der Waals surface area contributed by atoms with Crippen molar-refractivity contribution in [3.8, 4) is 0 Å². The van der Waals surface area contributed by atoms with Crippen LogP contribution in [0.3, 0.4) is 0 Å². The lowest BCUT2D eigenvalue weighted by atomic mass is 10.3. The second-order valence-electron chi connectivity index (χ2n) is 5.81. The lowest BCUT2D eigenvalue weighted by Gasteiger charge is -2.26. The van der Waals surface area contributed by atoms with Crippen molar-refractivity contribution in [1.82, 2.24) is 9.80 Å². The van der Waals surface area contributed by atoms with Gasteiger partial charge in [-0.25, -0.2) is 0 Å². The maximum Gasteiger partial charge on any atom is 0.147 e. The van der Waals surface area contributed by atoms with Crippen LogP contribution in [0.1, 0.15) is 67.2 Å². The molecule has 0 N–H and O–H groups in total. The van der Waals surface area contributed by atoms with E-state index in [1.165, 1.54) is 0 Å². The first kappa shape index (κ1) is 28.1. The van der Waals surface area contributed by atoms with E-state index in [1.54, 1.807) is 43.2 Å². The molecule has 0 spiro atoms. The summed E-state index contributed by atoms with van der Waals surface area (Å²) in [6, 6.07) is 0. The number of hydrogen-bond donors (Lipinski definition) is 0. The van der Waals surface area contributed by atoms with Gasteiger partial charge in [-0.2, -0.15) is 0 Å². The van der Waals surface area contributed by atoms with Gasteiger partial charge in [0, 0.05) is 26.2 Å². The highest BCUT2D eigenvalue weighted by molar-refractivity contribution is 8.84. The van der Waals surface area contributed by atoms with Gasteiger partial charge in [-0.05, 0) is 62.1 Å². The van der Waals surface area contributed by atoms with Crippen molar-refractivity contribution < 1.29 is 4.74 Å². The summed E-state index contributed by atoms with van der Waals surface area (Å²) < 4.78 is 8.36. The third-order valence-corrected chi connectivity index (χ3v) is 10.4. The van der Waals surface area contributed by atoms with Gasteiger partial charge in [-0.15, -0.1) is 0 Å². The minimum absolute atomic E-state index is 0.153. The molecule has 0 saturated heterocycles. The molecule has 0 radical (unpaired) electrons. The molecule has 0 rings (SSSR count). The van der Waals surface area contributed by atoms with Crippen LogP contribution in [-0.2, 0) is 4.74 Å². The van der Waals surface area contributed by atoms with E-state index in [2.05, 4.69) is 51.3 Å². The van der Waals surface area contributed by atoms with Gasteiger partial charge in [0.05, 0.1) is 0 Å². The fourth-order valence-corrected chi connectivity index (χ4v) is 8.22. The van der Waals surface area contributed by atoms with Crippen LogP contribution >= 0.6 is 67.6 Å². The maximum absolute atomic E-state index is 6.45. The van der Waals surface area contributed by atoms with Crippen molar-refractivity contribution in [2.75, 3.05) is 26.2 Å². The molecule has 0 fully saturated rings. The predicted octanol–water partition coefficient (Wildman–Crippen LogP) is 7.27. The van der Waals surface area contributed by atoms with Crippen molar-refractivity contribution in [3.63, 3.8) is 0 Å². The average Bonchev–Trinajstić information content (AvgIpc) is 2.66. The normalized spacial score (nSPS) is 13.3. The summed E-state index contributed by atoms with van der Waals surface area (Å²) in [6.07, 6.45) is 4.27.